The van der Waals surface area contributed by atoms with Gasteiger partial charge < -0.3 is 21.1 Å². The standard InChI is InChI=1S/C22H30N4O3S/c1-12(2)19(23)22(29)26-10-17(27)9-18(26)21(28)25-13(3)15-5-7-16(8-6-15)20-14(4)24-11-30-20/h5-8,11-13,17-19,27H,9-10,23H2,1-4H3,(H,25,28)/t13-,17+,18?,19-/m0/s1. The molecule has 2 heterocycles. The zero-order valence-electron chi connectivity index (χ0n) is 17.8. The van der Waals surface area contributed by atoms with E-state index < -0.39 is 18.2 Å². The number of aryl methyl sites for hydroxylation is 1. The second kappa shape index (κ2) is 9.24. The molecule has 0 aliphatic carbocycles. The van der Waals surface area contributed by atoms with Crippen molar-refractivity contribution in [3.63, 3.8) is 0 Å². The molecule has 162 valence electrons. The number of nitrogens with one attached hydrogen (secondary N) is 1. The van der Waals surface area contributed by atoms with Crippen molar-refractivity contribution in [3.05, 3.63) is 41.0 Å². The molecule has 1 aromatic heterocycles. The van der Waals surface area contributed by atoms with Crippen molar-refractivity contribution in [2.24, 2.45) is 11.7 Å². The Morgan fingerprint density at radius 2 is 1.93 bits per heavy atom. The molecule has 1 saturated heterocycles. The normalized spacial score (nSPS) is 21.0. The Labute approximate surface area is 181 Å². The van der Waals surface area contributed by atoms with E-state index in [4.69, 9.17) is 5.73 Å². The van der Waals surface area contributed by atoms with Crippen LogP contribution in [0, 0.1) is 12.8 Å². The Kier molecular flexibility index (Phi) is 6.90. The fourth-order valence-electron chi connectivity index (χ4n) is 3.68. The number of aromatic nitrogens is 1. The molecule has 7 nitrogen and oxygen atoms in total. The van der Waals surface area contributed by atoms with Crippen LogP contribution in [0.3, 0.4) is 0 Å². The molecule has 1 unspecified atom stereocenters. The second-order valence-corrected chi connectivity index (χ2v) is 9.14. The highest BCUT2D eigenvalue weighted by molar-refractivity contribution is 7.13. The summed E-state index contributed by atoms with van der Waals surface area (Å²) in [5.74, 6) is -0.608. The molecular formula is C22H30N4O3S. The van der Waals surface area contributed by atoms with E-state index in [1.165, 1.54) is 4.90 Å². The van der Waals surface area contributed by atoms with Crippen LogP contribution in [0.4, 0.5) is 0 Å². The number of amides is 2. The summed E-state index contributed by atoms with van der Waals surface area (Å²) < 4.78 is 0. The van der Waals surface area contributed by atoms with Gasteiger partial charge in [-0.1, -0.05) is 38.1 Å². The number of nitrogens with zero attached hydrogens (tertiary/aromatic N) is 2. The lowest BCUT2D eigenvalue weighted by atomic mass is 10.0. The van der Waals surface area contributed by atoms with E-state index in [0.717, 1.165) is 21.7 Å². The first kappa shape index (κ1) is 22.4. The molecule has 4 atom stereocenters. The first-order chi connectivity index (χ1) is 14.2. The predicted octanol–water partition coefficient (Wildman–Crippen LogP) is 2.24. The van der Waals surface area contributed by atoms with Crippen LogP contribution in [0.1, 0.15) is 44.5 Å². The van der Waals surface area contributed by atoms with E-state index in [-0.39, 0.29) is 36.7 Å². The summed E-state index contributed by atoms with van der Waals surface area (Å²) in [6, 6.07) is 6.39. The van der Waals surface area contributed by atoms with Crippen molar-refractivity contribution < 1.29 is 14.7 Å². The van der Waals surface area contributed by atoms with E-state index in [9.17, 15) is 14.7 Å². The molecule has 1 fully saturated rings. The number of carbonyl (C=O) groups excluding carboxylic acids is 2. The molecule has 3 rings (SSSR count). The smallest absolute Gasteiger partial charge is 0.243 e. The van der Waals surface area contributed by atoms with Crippen LogP contribution >= 0.6 is 11.3 Å². The summed E-state index contributed by atoms with van der Waals surface area (Å²) in [6.07, 6.45) is -0.500. The molecule has 0 bridgehead atoms. The third-order valence-corrected chi connectivity index (χ3v) is 6.62. The van der Waals surface area contributed by atoms with Gasteiger partial charge in [-0.15, -0.1) is 11.3 Å². The largest absolute Gasteiger partial charge is 0.391 e. The van der Waals surface area contributed by atoms with Gasteiger partial charge in [0.2, 0.25) is 11.8 Å². The average Bonchev–Trinajstić information content (AvgIpc) is 3.32. The van der Waals surface area contributed by atoms with Crippen molar-refractivity contribution >= 4 is 23.2 Å². The van der Waals surface area contributed by atoms with Crippen LogP contribution in [0.2, 0.25) is 0 Å². The zero-order valence-corrected chi connectivity index (χ0v) is 18.6. The van der Waals surface area contributed by atoms with Gasteiger partial charge >= 0.3 is 0 Å². The zero-order chi connectivity index (χ0) is 22.0. The lowest BCUT2D eigenvalue weighted by molar-refractivity contribution is -0.140. The number of carbonyl (C=O) groups is 2. The lowest BCUT2D eigenvalue weighted by Crippen LogP contribution is -2.52. The molecule has 0 radical (unpaired) electrons. The maximum atomic E-state index is 12.9. The third kappa shape index (κ3) is 4.71. The van der Waals surface area contributed by atoms with E-state index in [2.05, 4.69) is 10.3 Å². The Bertz CT molecular complexity index is 896. The molecule has 4 N–H and O–H groups in total. The second-order valence-electron chi connectivity index (χ2n) is 8.28. The van der Waals surface area contributed by atoms with Crippen LogP contribution < -0.4 is 11.1 Å². The van der Waals surface area contributed by atoms with E-state index in [1.807, 2.05) is 57.5 Å². The molecule has 0 saturated carbocycles. The molecule has 0 spiro atoms. The fourth-order valence-corrected chi connectivity index (χ4v) is 4.49. The number of hydrogen-bond donors (Lipinski definition) is 3. The monoisotopic (exact) mass is 430 g/mol. The van der Waals surface area contributed by atoms with E-state index in [1.54, 1.807) is 11.3 Å². The van der Waals surface area contributed by atoms with Crippen LogP contribution in [0.5, 0.6) is 0 Å². The number of nitrogens with two attached hydrogens (primary N) is 1. The van der Waals surface area contributed by atoms with Gasteiger partial charge in [0, 0.05) is 13.0 Å². The van der Waals surface area contributed by atoms with Gasteiger partial charge in [0.25, 0.3) is 0 Å². The summed E-state index contributed by atoms with van der Waals surface area (Å²) in [5.41, 5.74) is 10.9. The SMILES string of the molecule is Cc1ncsc1-c1ccc([C@H](C)NC(=O)C2C[C@@H](O)CN2C(=O)[C@@H](N)C(C)C)cc1. The number of aliphatic hydroxyl groups is 1. The summed E-state index contributed by atoms with van der Waals surface area (Å²) >= 11 is 1.60. The molecule has 1 aliphatic heterocycles. The number of aliphatic hydroxyl groups excluding tert-OH is 1. The number of likely N-dealkylation sites (tertiary alicyclic amines) is 1. The predicted molar refractivity (Wildman–Crippen MR) is 118 cm³/mol. The van der Waals surface area contributed by atoms with E-state index in [0.29, 0.717) is 0 Å². The van der Waals surface area contributed by atoms with Crippen molar-refractivity contribution in [1.29, 1.82) is 0 Å². The number of hydrogen-bond acceptors (Lipinski definition) is 6. The van der Waals surface area contributed by atoms with Crippen molar-refractivity contribution in [1.82, 2.24) is 15.2 Å². The molecule has 30 heavy (non-hydrogen) atoms. The van der Waals surface area contributed by atoms with Gasteiger partial charge in [-0.25, -0.2) is 4.98 Å². The number of β-amino-alcohol motifs (C(OH)–C–C–N with tert-alkyl or cyclic N) is 1. The highest BCUT2D eigenvalue weighted by atomic mass is 32.1. The van der Waals surface area contributed by atoms with Gasteiger partial charge in [0.15, 0.2) is 0 Å². The highest BCUT2D eigenvalue weighted by Crippen LogP contribution is 2.28. The average molecular weight is 431 g/mol. The van der Waals surface area contributed by atoms with Crippen LogP contribution in [-0.2, 0) is 9.59 Å². The van der Waals surface area contributed by atoms with Gasteiger partial charge in [0.1, 0.15) is 6.04 Å². The Morgan fingerprint density at radius 3 is 2.50 bits per heavy atom. The lowest BCUT2D eigenvalue weighted by Gasteiger charge is -2.28. The molecular weight excluding hydrogens is 400 g/mol. The molecule has 8 heteroatoms. The van der Waals surface area contributed by atoms with Gasteiger partial charge in [-0.05, 0) is 30.9 Å². The highest BCUT2D eigenvalue weighted by Gasteiger charge is 2.41. The number of benzene rings is 1. The maximum absolute atomic E-state index is 12.9. The van der Waals surface area contributed by atoms with Crippen molar-refractivity contribution in [2.75, 3.05) is 6.54 Å². The van der Waals surface area contributed by atoms with Crippen molar-refractivity contribution in [2.45, 2.75) is 58.3 Å². The minimum atomic E-state index is -0.721. The van der Waals surface area contributed by atoms with E-state index >= 15 is 0 Å². The van der Waals surface area contributed by atoms with Gasteiger partial charge in [-0.2, -0.15) is 0 Å². The van der Waals surface area contributed by atoms with Crippen LogP contribution in [0.25, 0.3) is 10.4 Å². The maximum Gasteiger partial charge on any atom is 0.243 e. The van der Waals surface area contributed by atoms with Crippen LogP contribution in [0.15, 0.2) is 29.8 Å². The van der Waals surface area contributed by atoms with Crippen LogP contribution in [-0.4, -0.2) is 51.5 Å². The summed E-state index contributed by atoms with van der Waals surface area (Å²) in [4.78, 5) is 32.4. The van der Waals surface area contributed by atoms with Crippen molar-refractivity contribution in [3.8, 4) is 10.4 Å². The number of rotatable bonds is 6. The molecule has 2 amide bonds. The minimum absolute atomic E-state index is 0.0430. The molecule has 1 aromatic carbocycles. The van der Waals surface area contributed by atoms with Gasteiger partial charge in [0.05, 0.1) is 34.3 Å². The Morgan fingerprint density at radius 1 is 1.27 bits per heavy atom. The summed E-state index contributed by atoms with van der Waals surface area (Å²) in [5, 5.41) is 13.0. The van der Waals surface area contributed by atoms with Gasteiger partial charge in [-0.3, -0.25) is 9.59 Å². The molecule has 2 aromatic rings. The Hall–Kier alpha value is -2.29. The summed E-state index contributed by atoms with van der Waals surface area (Å²) in [6.45, 7) is 7.75. The fraction of sp³-hybridized carbons (Fsp3) is 0.500. The number of thiazole rings is 1. The minimum Gasteiger partial charge on any atom is -0.391 e. The first-order valence-electron chi connectivity index (χ1n) is 10.2. The third-order valence-electron chi connectivity index (χ3n) is 5.65. The topological polar surface area (TPSA) is 109 Å². The first-order valence-corrected chi connectivity index (χ1v) is 11.1. The Balaban J connectivity index is 1.68. The summed E-state index contributed by atoms with van der Waals surface area (Å²) in [7, 11) is 0. The quantitative estimate of drug-likeness (QED) is 0.651. The molecule has 1 aliphatic rings.